The molecule has 21 heavy (non-hydrogen) atoms. The van der Waals surface area contributed by atoms with Crippen molar-refractivity contribution in [2.45, 2.75) is 20.8 Å². The lowest BCUT2D eigenvalue weighted by Gasteiger charge is -2.11. The molecule has 110 valence electrons. The minimum atomic E-state index is -0.467. The maximum atomic E-state index is 11.3. The molecule has 0 spiro atoms. The molecule has 0 bridgehead atoms. The zero-order chi connectivity index (χ0) is 15.4. The lowest BCUT2D eigenvalue weighted by atomic mass is 10.2. The van der Waals surface area contributed by atoms with Crippen LogP contribution in [-0.2, 0) is 0 Å². The van der Waals surface area contributed by atoms with E-state index in [2.05, 4.69) is 20.6 Å². The van der Waals surface area contributed by atoms with E-state index in [1.54, 1.807) is 6.92 Å². The van der Waals surface area contributed by atoms with Crippen molar-refractivity contribution in [1.29, 1.82) is 0 Å². The predicted molar refractivity (Wildman–Crippen MR) is 82.0 cm³/mol. The summed E-state index contributed by atoms with van der Waals surface area (Å²) in [4.78, 5) is 19.1. The van der Waals surface area contributed by atoms with Crippen LogP contribution in [0, 0.1) is 24.0 Å². The van der Waals surface area contributed by atoms with Crippen LogP contribution in [-0.4, -0.2) is 21.4 Å². The molecule has 7 nitrogen and oxygen atoms in total. The van der Waals surface area contributed by atoms with Gasteiger partial charge >= 0.3 is 5.69 Å². The van der Waals surface area contributed by atoms with Gasteiger partial charge in [-0.3, -0.25) is 10.1 Å². The van der Waals surface area contributed by atoms with E-state index in [4.69, 9.17) is 0 Å². The number of nitrogens with one attached hydrogen (secondary N) is 2. The molecule has 0 unspecified atom stereocenters. The van der Waals surface area contributed by atoms with E-state index in [9.17, 15) is 10.1 Å². The highest BCUT2D eigenvalue weighted by molar-refractivity contribution is 5.69. The van der Waals surface area contributed by atoms with E-state index in [-0.39, 0.29) is 11.5 Å². The second-order valence-electron chi connectivity index (χ2n) is 4.56. The summed E-state index contributed by atoms with van der Waals surface area (Å²) in [6.07, 6.45) is 0. The van der Waals surface area contributed by atoms with E-state index in [0.29, 0.717) is 18.2 Å². The minimum absolute atomic E-state index is 0.111. The first kappa shape index (κ1) is 14.7. The Morgan fingerprint density at radius 2 is 1.95 bits per heavy atom. The van der Waals surface area contributed by atoms with Gasteiger partial charge in [0.1, 0.15) is 5.69 Å². The van der Waals surface area contributed by atoms with Crippen molar-refractivity contribution in [3.8, 4) is 0 Å². The summed E-state index contributed by atoms with van der Waals surface area (Å²) in [5.74, 6) is 0.564. The Kier molecular flexibility index (Phi) is 4.32. The van der Waals surface area contributed by atoms with Gasteiger partial charge in [0.05, 0.1) is 4.92 Å². The summed E-state index contributed by atoms with van der Waals surface area (Å²) < 4.78 is 0. The Morgan fingerprint density at radius 3 is 2.57 bits per heavy atom. The maximum Gasteiger partial charge on any atom is 0.332 e. The molecule has 2 N–H and O–H groups in total. The van der Waals surface area contributed by atoms with Gasteiger partial charge in [0.2, 0.25) is 11.8 Å². The molecular weight excluding hydrogens is 270 g/mol. The molecular formula is C14H17N5O2. The first-order valence-electron chi connectivity index (χ1n) is 6.62. The Morgan fingerprint density at radius 1 is 1.24 bits per heavy atom. The lowest BCUT2D eigenvalue weighted by molar-refractivity contribution is -0.385. The van der Waals surface area contributed by atoms with Crippen molar-refractivity contribution >= 4 is 23.1 Å². The summed E-state index contributed by atoms with van der Waals surface area (Å²) in [5, 5.41) is 17.3. The van der Waals surface area contributed by atoms with Crippen molar-refractivity contribution in [1.82, 2.24) is 9.97 Å². The highest BCUT2D eigenvalue weighted by Gasteiger charge is 2.22. The fourth-order valence-corrected chi connectivity index (χ4v) is 1.95. The molecule has 1 heterocycles. The van der Waals surface area contributed by atoms with Gasteiger partial charge in [0.25, 0.3) is 0 Å². The zero-order valence-electron chi connectivity index (χ0n) is 12.2. The monoisotopic (exact) mass is 287 g/mol. The van der Waals surface area contributed by atoms with Crippen LogP contribution in [0.25, 0.3) is 0 Å². The average molecular weight is 287 g/mol. The van der Waals surface area contributed by atoms with E-state index >= 15 is 0 Å². The molecule has 7 heteroatoms. The van der Waals surface area contributed by atoms with E-state index in [1.807, 2.05) is 38.1 Å². The summed E-state index contributed by atoms with van der Waals surface area (Å²) in [7, 11) is 0. The molecule has 0 atom stereocenters. The first-order chi connectivity index (χ1) is 10.0. The maximum absolute atomic E-state index is 11.3. The molecule has 0 radical (unpaired) electrons. The number of aromatic nitrogens is 2. The van der Waals surface area contributed by atoms with Gasteiger partial charge in [-0.25, -0.2) is 4.98 Å². The molecule has 0 saturated carbocycles. The highest BCUT2D eigenvalue weighted by Crippen LogP contribution is 2.30. The van der Waals surface area contributed by atoms with Crippen LogP contribution in [0.2, 0.25) is 0 Å². The van der Waals surface area contributed by atoms with Gasteiger partial charge in [-0.05, 0) is 32.4 Å². The van der Waals surface area contributed by atoms with Crippen LogP contribution in [0.3, 0.4) is 0 Å². The average Bonchev–Trinajstić information content (AvgIpc) is 2.41. The van der Waals surface area contributed by atoms with Crippen molar-refractivity contribution in [2.75, 3.05) is 17.2 Å². The van der Waals surface area contributed by atoms with Gasteiger partial charge in [-0.1, -0.05) is 18.2 Å². The van der Waals surface area contributed by atoms with Gasteiger partial charge in [-0.15, -0.1) is 0 Å². The number of benzene rings is 1. The third-order valence-electron chi connectivity index (χ3n) is 2.97. The second kappa shape index (κ2) is 6.17. The van der Waals surface area contributed by atoms with Crippen LogP contribution in [0.4, 0.5) is 23.1 Å². The molecule has 0 saturated heterocycles. The summed E-state index contributed by atoms with van der Waals surface area (Å²) in [5.41, 5.74) is 1.97. The van der Waals surface area contributed by atoms with Crippen molar-refractivity contribution in [3.05, 3.63) is 45.6 Å². The smallest absolute Gasteiger partial charge is 0.332 e. The molecule has 0 fully saturated rings. The number of nitrogens with zero attached hydrogens (tertiary/aromatic N) is 3. The van der Waals surface area contributed by atoms with Crippen LogP contribution >= 0.6 is 0 Å². The normalized spacial score (nSPS) is 10.2. The first-order valence-corrected chi connectivity index (χ1v) is 6.62. The van der Waals surface area contributed by atoms with Gasteiger partial charge in [0.15, 0.2) is 0 Å². The number of aryl methyl sites for hydroxylation is 2. The van der Waals surface area contributed by atoms with Gasteiger partial charge in [-0.2, -0.15) is 4.98 Å². The topological polar surface area (TPSA) is 93.0 Å². The number of rotatable bonds is 5. The highest BCUT2D eigenvalue weighted by atomic mass is 16.6. The molecule has 0 amide bonds. The molecule has 0 aliphatic rings. The summed E-state index contributed by atoms with van der Waals surface area (Å²) in [6.45, 7) is 6.08. The zero-order valence-corrected chi connectivity index (χ0v) is 12.2. The Bertz CT molecular complexity index is 672. The van der Waals surface area contributed by atoms with Crippen LogP contribution in [0.15, 0.2) is 24.3 Å². The summed E-state index contributed by atoms with van der Waals surface area (Å²) >= 11 is 0. The number of hydrogen-bond acceptors (Lipinski definition) is 6. The van der Waals surface area contributed by atoms with Crippen LogP contribution in [0.5, 0.6) is 0 Å². The fraction of sp³-hybridized carbons (Fsp3) is 0.286. The van der Waals surface area contributed by atoms with Crippen LogP contribution < -0.4 is 10.6 Å². The standard InChI is InChI=1S/C14H17N5O2/c1-4-15-14-16-10(3)12(19(20)21)13(18-14)17-11-8-6-5-7-9(11)2/h5-8H,4H2,1-3H3,(H2,15,16,17,18). The van der Waals surface area contributed by atoms with Crippen molar-refractivity contribution in [2.24, 2.45) is 0 Å². The predicted octanol–water partition coefficient (Wildman–Crippen LogP) is 3.18. The van der Waals surface area contributed by atoms with E-state index in [1.165, 1.54) is 0 Å². The van der Waals surface area contributed by atoms with E-state index in [0.717, 1.165) is 11.3 Å². The molecule has 2 rings (SSSR count). The number of para-hydroxylation sites is 1. The SMILES string of the molecule is CCNc1nc(C)c([N+](=O)[O-])c(Nc2ccccc2C)n1. The number of hydrogen-bond donors (Lipinski definition) is 2. The molecule has 2 aromatic rings. The Hall–Kier alpha value is -2.70. The number of anilines is 3. The third kappa shape index (κ3) is 3.25. The quantitative estimate of drug-likeness (QED) is 0.648. The van der Waals surface area contributed by atoms with Gasteiger partial charge in [0, 0.05) is 12.2 Å². The minimum Gasteiger partial charge on any atom is -0.354 e. The van der Waals surface area contributed by atoms with Crippen molar-refractivity contribution in [3.63, 3.8) is 0 Å². The summed E-state index contributed by atoms with van der Waals surface area (Å²) in [6, 6.07) is 7.54. The fourth-order valence-electron chi connectivity index (χ4n) is 1.95. The third-order valence-corrected chi connectivity index (χ3v) is 2.97. The Balaban J connectivity index is 2.49. The van der Waals surface area contributed by atoms with Gasteiger partial charge < -0.3 is 10.6 Å². The molecule has 0 aliphatic heterocycles. The van der Waals surface area contributed by atoms with E-state index < -0.39 is 4.92 Å². The van der Waals surface area contributed by atoms with Crippen molar-refractivity contribution < 1.29 is 4.92 Å². The lowest BCUT2D eigenvalue weighted by Crippen LogP contribution is -2.09. The largest absolute Gasteiger partial charge is 0.354 e. The Labute approximate surface area is 122 Å². The molecule has 0 aliphatic carbocycles. The molecule has 1 aromatic carbocycles. The van der Waals surface area contributed by atoms with Crippen LogP contribution in [0.1, 0.15) is 18.2 Å². The molecule has 1 aromatic heterocycles. The second-order valence-corrected chi connectivity index (χ2v) is 4.56. The number of nitro groups is 1.